The smallest absolute Gasteiger partial charge is 0.0345 e. The Morgan fingerprint density at radius 1 is 1.18 bits per heavy atom. The monoisotopic (exact) mass is 232 g/mol. The maximum atomic E-state index is 3.65. The minimum absolute atomic E-state index is 0.569. The number of piperidine rings is 1. The lowest BCUT2D eigenvalue weighted by molar-refractivity contribution is 0.343. The van der Waals surface area contributed by atoms with Crippen LogP contribution in [0.5, 0.6) is 0 Å². The van der Waals surface area contributed by atoms with E-state index in [0.29, 0.717) is 6.04 Å². The van der Waals surface area contributed by atoms with Gasteiger partial charge >= 0.3 is 0 Å². The first-order chi connectivity index (χ1) is 8.16. The lowest BCUT2D eigenvalue weighted by atomic mass is 9.91. The maximum absolute atomic E-state index is 3.65. The number of aryl methyl sites for hydroxylation is 2. The zero-order valence-electron chi connectivity index (χ0n) is 11.2. The first-order valence-electron chi connectivity index (χ1n) is 6.71. The molecule has 1 aliphatic heterocycles. The molecule has 2 heteroatoms. The van der Waals surface area contributed by atoms with Gasteiger partial charge in [0, 0.05) is 11.7 Å². The number of hydrogen-bond donors (Lipinski definition) is 2. The number of anilines is 1. The zero-order valence-corrected chi connectivity index (χ0v) is 11.2. The Bertz CT molecular complexity index is 367. The van der Waals surface area contributed by atoms with Crippen molar-refractivity contribution in [1.82, 2.24) is 5.32 Å². The minimum atomic E-state index is 0.569. The summed E-state index contributed by atoms with van der Waals surface area (Å²) in [6.45, 7) is 8.99. The largest absolute Gasteiger partial charge is 0.382 e. The predicted octanol–water partition coefficient (Wildman–Crippen LogP) is 3.10. The molecule has 1 aromatic rings. The lowest BCUT2D eigenvalue weighted by Gasteiger charge is -2.29. The van der Waals surface area contributed by atoms with E-state index >= 15 is 0 Å². The molecule has 0 aliphatic carbocycles. The molecule has 0 saturated carbocycles. The lowest BCUT2D eigenvalue weighted by Crippen LogP contribution is -2.36. The van der Waals surface area contributed by atoms with Gasteiger partial charge < -0.3 is 10.6 Å². The molecule has 0 bridgehead atoms. The van der Waals surface area contributed by atoms with Gasteiger partial charge in [0.05, 0.1) is 0 Å². The van der Waals surface area contributed by atoms with Crippen LogP contribution in [0.3, 0.4) is 0 Å². The number of nitrogens with one attached hydrogen (secondary N) is 2. The molecule has 0 aromatic heterocycles. The van der Waals surface area contributed by atoms with Crippen LogP contribution in [0.4, 0.5) is 5.69 Å². The second-order valence-corrected chi connectivity index (χ2v) is 5.32. The van der Waals surface area contributed by atoms with Crippen molar-refractivity contribution in [2.75, 3.05) is 18.4 Å². The normalized spacial score (nSPS) is 19.0. The Hall–Kier alpha value is -1.02. The quantitative estimate of drug-likeness (QED) is 0.837. The van der Waals surface area contributed by atoms with Crippen LogP contribution in [-0.4, -0.2) is 19.1 Å². The molecule has 0 spiro atoms. The third kappa shape index (κ3) is 3.22. The zero-order chi connectivity index (χ0) is 12.3. The van der Waals surface area contributed by atoms with Gasteiger partial charge in [-0.05, 0) is 75.9 Å². The highest BCUT2D eigenvalue weighted by Crippen LogP contribution is 2.21. The van der Waals surface area contributed by atoms with Gasteiger partial charge in [0.1, 0.15) is 0 Å². The summed E-state index contributed by atoms with van der Waals surface area (Å²) in [6.07, 6.45) is 2.58. The molecule has 0 radical (unpaired) electrons. The van der Waals surface area contributed by atoms with E-state index in [4.69, 9.17) is 0 Å². The standard InChI is InChI=1S/C15H24N2/c1-11-4-5-15(10-12(11)2)17-13(3)14-6-8-16-9-7-14/h4-5,10,13-14,16-17H,6-9H2,1-3H3. The van der Waals surface area contributed by atoms with Crippen LogP contribution in [0, 0.1) is 19.8 Å². The molecular weight excluding hydrogens is 208 g/mol. The molecule has 1 unspecified atom stereocenters. The van der Waals surface area contributed by atoms with Crippen LogP contribution in [-0.2, 0) is 0 Å². The summed E-state index contributed by atoms with van der Waals surface area (Å²) in [7, 11) is 0. The van der Waals surface area contributed by atoms with Gasteiger partial charge in [-0.1, -0.05) is 6.07 Å². The summed E-state index contributed by atoms with van der Waals surface area (Å²) < 4.78 is 0. The molecule has 2 N–H and O–H groups in total. The molecule has 1 heterocycles. The molecule has 1 fully saturated rings. The second-order valence-electron chi connectivity index (χ2n) is 5.32. The highest BCUT2D eigenvalue weighted by atomic mass is 14.9. The average Bonchev–Trinajstić information content (AvgIpc) is 2.35. The highest BCUT2D eigenvalue weighted by Gasteiger charge is 2.19. The van der Waals surface area contributed by atoms with Crippen LogP contribution in [0.15, 0.2) is 18.2 Å². The molecule has 1 aromatic carbocycles. The van der Waals surface area contributed by atoms with Gasteiger partial charge in [-0.3, -0.25) is 0 Å². The summed E-state index contributed by atoms with van der Waals surface area (Å²) in [5.41, 5.74) is 4.00. The van der Waals surface area contributed by atoms with Crippen molar-refractivity contribution < 1.29 is 0 Å². The Morgan fingerprint density at radius 2 is 1.88 bits per heavy atom. The van der Waals surface area contributed by atoms with E-state index in [1.807, 2.05) is 0 Å². The van der Waals surface area contributed by atoms with Crippen molar-refractivity contribution in [1.29, 1.82) is 0 Å². The third-order valence-corrected chi connectivity index (χ3v) is 3.99. The van der Waals surface area contributed by atoms with Crippen LogP contribution in [0.1, 0.15) is 30.9 Å². The van der Waals surface area contributed by atoms with Crippen molar-refractivity contribution >= 4 is 5.69 Å². The van der Waals surface area contributed by atoms with Gasteiger partial charge in [0.2, 0.25) is 0 Å². The summed E-state index contributed by atoms with van der Waals surface area (Å²) in [5.74, 6) is 0.804. The van der Waals surface area contributed by atoms with Crippen molar-refractivity contribution in [2.45, 2.75) is 39.7 Å². The topological polar surface area (TPSA) is 24.1 Å². The first kappa shape index (κ1) is 12.4. The van der Waals surface area contributed by atoms with Crippen molar-refractivity contribution in [2.24, 2.45) is 5.92 Å². The first-order valence-corrected chi connectivity index (χ1v) is 6.71. The van der Waals surface area contributed by atoms with Gasteiger partial charge in [-0.15, -0.1) is 0 Å². The van der Waals surface area contributed by atoms with E-state index in [2.05, 4.69) is 49.6 Å². The van der Waals surface area contributed by atoms with Crippen LogP contribution in [0.2, 0.25) is 0 Å². The Balaban J connectivity index is 1.96. The fourth-order valence-electron chi connectivity index (χ4n) is 2.56. The summed E-state index contributed by atoms with van der Waals surface area (Å²) in [4.78, 5) is 0. The van der Waals surface area contributed by atoms with E-state index in [1.54, 1.807) is 0 Å². The molecule has 0 amide bonds. The van der Waals surface area contributed by atoms with Crippen LogP contribution >= 0.6 is 0 Å². The minimum Gasteiger partial charge on any atom is -0.382 e. The van der Waals surface area contributed by atoms with Crippen LogP contribution in [0.25, 0.3) is 0 Å². The van der Waals surface area contributed by atoms with Gasteiger partial charge in [0.15, 0.2) is 0 Å². The van der Waals surface area contributed by atoms with Gasteiger partial charge in [0.25, 0.3) is 0 Å². The Labute approximate surface area is 105 Å². The Kier molecular flexibility index (Phi) is 4.06. The van der Waals surface area contributed by atoms with Crippen LogP contribution < -0.4 is 10.6 Å². The highest BCUT2D eigenvalue weighted by molar-refractivity contribution is 5.48. The summed E-state index contributed by atoms with van der Waals surface area (Å²) >= 11 is 0. The molecular formula is C15H24N2. The third-order valence-electron chi connectivity index (χ3n) is 3.99. The number of benzene rings is 1. The molecule has 94 valence electrons. The molecule has 17 heavy (non-hydrogen) atoms. The maximum Gasteiger partial charge on any atom is 0.0345 e. The number of hydrogen-bond acceptors (Lipinski definition) is 2. The van der Waals surface area contributed by atoms with Crippen molar-refractivity contribution in [3.8, 4) is 0 Å². The second kappa shape index (κ2) is 5.54. The van der Waals surface area contributed by atoms with E-state index in [9.17, 15) is 0 Å². The molecule has 2 rings (SSSR count). The van der Waals surface area contributed by atoms with Gasteiger partial charge in [-0.2, -0.15) is 0 Å². The summed E-state index contributed by atoms with van der Waals surface area (Å²) in [6, 6.07) is 7.22. The van der Waals surface area contributed by atoms with Crippen molar-refractivity contribution in [3.05, 3.63) is 29.3 Å². The summed E-state index contributed by atoms with van der Waals surface area (Å²) in [5, 5.41) is 7.07. The fraction of sp³-hybridized carbons (Fsp3) is 0.600. The van der Waals surface area contributed by atoms with E-state index in [1.165, 1.54) is 42.7 Å². The molecule has 1 saturated heterocycles. The van der Waals surface area contributed by atoms with E-state index in [-0.39, 0.29) is 0 Å². The van der Waals surface area contributed by atoms with E-state index in [0.717, 1.165) is 5.92 Å². The predicted molar refractivity (Wildman–Crippen MR) is 74.6 cm³/mol. The van der Waals surface area contributed by atoms with Gasteiger partial charge in [-0.25, -0.2) is 0 Å². The Morgan fingerprint density at radius 3 is 2.53 bits per heavy atom. The fourth-order valence-corrected chi connectivity index (χ4v) is 2.56. The molecule has 1 atom stereocenters. The SMILES string of the molecule is Cc1ccc(NC(C)C2CCNCC2)cc1C. The number of rotatable bonds is 3. The average molecular weight is 232 g/mol. The molecule has 1 aliphatic rings. The van der Waals surface area contributed by atoms with Crippen molar-refractivity contribution in [3.63, 3.8) is 0 Å². The molecule has 2 nitrogen and oxygen atoms in total. The van der Waals surface area contributed by atoms with E-state index < -0.39 is 0 Å².